The Morgan fingerprint density at radius 2 is 2.20 bits per heavy atom. The number of hydrogen-bond acceptors (Lipinski definition) is 2. The summed E-state index contributed by atoms with van der Waals surface area (Å²) in [5.74, 6) is 0. The van der Waals surface area contributed by atoms with Crippen molar-refractivity contribution in [2.24, 2.45) is 5.73 Å². The number of thiocarbonyl (C=S) groups is 1. The zero-order valence-electron chi connectivity index (χ0n) is 8.74. The predicted octanol–water partition coefficient (Wildman–Crippen LogP) is 2.14. The summed E-state index contributed by atoms with van der Waals surface area (Å²) in [6.45, 7) is 3.74. The van der Waals surface area contributed by atoms with E-state index in [0.29, 0.717) is 0 Å². The van der Waals surface area contributed by atoms with Crippen molar-refractivity contribution in [3.63, 3.8) is 0 Å². The monoisotopic (exact) mass is 219 g/mol. The summed E-state index contributed by atoms with van der Waals surface area (Å²) in [6, 6.07) is 9.76. The van der Waals surface area contributed by atoms with Crippen LogP contribution in [0, 0.1) is 11.3 Å². The molecule has 0 heterocycles. The van der Waals surface area contributed by atoms with E-state index in [0.717, 1.165) is 11.3 Å². The smallest absolute Gasteiger partial charge is 0.168 e. The van der Waals surface area contributed by atoms with Crippen molar-refractivity contribution in [1.29, 1.82) is 5.26 Å². The highest BCUT2D eigenvalue weighted by atomic mass is 32.1. The molecule has 0 saturated carbocycles. The van der Waals surface area contributed by atoms with E-state index in [1.165, 1.54) is 0 Å². The number of nitrogens with zero attached hydrogens (tertiary/aromatic N) is 1. The van der Waals surface area contributed by atoms with E-state index in [4.69, 9.17) is 23.2 Å². The lowest BCUT2D eigenvalue weighted by molar-refractivity contribution is 0.687. The lowest BCUT2D eigenvalue weighted by atomic mass is 9.86. The normalized spacial score (nSPS) is 10.5. The minimum absolute atomic E-state index is 0.224. The number of hydrogen-bond donors (Lipinski definition) is 2. The number of nitrogens with two attached hydrogens (primary N) is 1. The van der Waals surface area contributed by atoms with E-state index in [1.54, 1.807) is 0 Å². The van der Waals surface area contributed by atoms with E-state index in [2.05, 4.69) is 11.4 Å². The van der Waals surface area contributed by atoms with Gasteiger partial charge < -0.3 is 11.1 Å². The van der Waals surface area contributed by atoms with Gasteiger partial charge in [0.25, 0.3) is 0 Å². The summed E-state index contributed by atoms with van der Waals surface area (Å²) < 4.78 is 0. The van der Waals surface area contributed by atoms with Gasteiger partial charge in [-0.05, 0) is 43.8 Å². The van der Waals surface area contributed by atoms with Gasteiger partial charge in [-0.3, -0.25) is 0 Å². The van der Waals surface area contributed by atoms with Crippen LogP contribution >= 0.6 is 12.2 Å². The van der Waals surface area contributed by atoms with E-state index in [1.807, 2.05) is 38.1 Å². The molecule has 1 rings (SSSR count). The molecule has 0 spiro atoms. The molecule has 1 aromatic carbocycles. The molecule has 15 heavy (non-hydrogen) atoms. The van der Waals surface area contributed by atoms with Crippen molar-refractivity contribution >= 4 is 23.0 Å². The molecule has 0 amide bonds. The number of rotatable bonds is 2. The topological polar surface area (TPSA) is 61.8 Å². The summed E-state index contributed by atoms with van der Waals surface area (Å²) in [6.07, 6.45) is 0. The van der Waals surface area contributed by atoms with Gasteiger partial charge in [0, 0.05) is 5.69 Å². The highest BCUT2D eigenvalue weighted by molar-refractivity contribution is 7.80. The summed E-state index contributed by atoms with van der Waals surface area (Å²) in [5, 5.41) is 12.1. The molecule has 4 heteroatoms. The third-order valence-electron chi connectivity index (χ3n) is 2.13. The van der Waals surface area contributed by atoms with Crippen molar-refractivity contribution in [1.82, 2.24) is 0 Å². The SMILES string of the molecule is CC(C)(C#N)c1cccc(NC(N)=S)c1. The molecular weight excluding hydrogens is 206 g/mol. The van der Waals surface area contributed by atoms with Gasteiger partial charge in [0.05, 0.1) is 11.5 Å². The van der Waals surface area contributed by atoms with Gasteiger partial charge in [-0.25, -0.2) is 0 Å². The lowest BCUT2D eigenvalue weighted by Crippen LogP contribution is -2.20. The molecule has 3 N–H and O–H groups in total. The minimum atomic E-state index is -0.506. The van der Waals surface area contributed by atoms with Crippen LogP contribution in [0.15, 0.2) is 24.3 Å². The second kappa shape index (κ2) is 4.28. The average Bonchev–Trinajstić information content (AvgIpc) is 2.17. The van der Waals surface area contributed by atoms with Crippen LogP contribution < -0.4 is 11.1 Å². The molecule has 0 unspecified atom stereocenters. The third-order valence-corrected chi connectivity index (χ3v) is 2.23. The molecule has 0 aromatic heterocycles. The first-order chi connectivity index (χ1) is 6.95. The number of nitrogens with one attached hydrogen (secondary N) is 1. The van der Waals surface area contributed by atoms with Crippen molar-refractivity contribution in [3.8, 4) is 6.07 Å². The van der Waals surface area contributed by atoms with Gasteiger partial charge in [0.1, 0.15) is 0 Å². The zero-order chi connectivity index (χ0) is 11.5. The standard InChI is InChI=1S/C11H13N3S/c1-11(2,7-12)8-4-3-5-9(6-8)14-10(13)15/h3-6H,1-2H3,(H3,13,14,15). The van der Waals surface area contributed by atoms with Crippen molar-refractivity contribution in [2.45, 2.75) is 19.3 Å². The fourth-order valence-electron chi connectivity index (χ4n) is 1.19. The second-order valence-corrected chi connectivity index (χ2v) is 4.25. The lowest BCUT2D eigenvalue weighted by Gasteiger charge is -2.16. The van der Waals surface area contributed by atoms with E-state index < -0.39 is 5.41 Å². The van der Waals surface area contributed by atoms with Crippen LogP contribution in [-0.2, 0) is 5.41 Å². The van der Waals surface area contributed by atoms with Gasteiger partial charge in [-0.15, -0.1) is 0 Å². The fraction of sp³-hybridized carbons (Fsp3) is 0.273. The summed E-state index contributed by atoms with van der Waals surface area (Å²) in [7, 11) is 0. The molecule has 0 radical (unpaired) electrons. The third kappa shape index (κ3) is 2.93. The Kier molecular flexibility index (Phi) is 3.28. The predicted molar refractivity (Wildman–Crippen MR) is 65.5 cm³/mol. The van der Waals surface area contributed by atoms with Crippen molar-refractivity contribution < 1.29 is 0 Å². The summed E-state index contributed by atoms with van der Waals surface area (Å²) in [5.41, 5.74) is 6.61. The Bertz CT molecular complexity index is 418. The zero-order valence-corrected chi connectivity index (χ0v) is 9.56. The largest absolute Gasteiger partial charge is 0.376 e. The molecule has 0 aliphatic rings. The Balaban J connectivity index is 3.04. The minimum Gasteiger partial charge on any atom is -0.376 e. The van der Waals surface area contributed by atoms with Gasteiger partial charge in [0.2, 0.25) is 0 Å². The molecule has 1 aromatic rings. The quantitative estimate of drug-likeness (QED) is 0.748. The maximum atomic E-state index is 9.00. The molecular formula is C11H13N3S. The van der Waals surface area contributed by atoms with Gasteiger partial charge >= 0.3 is 0 Å². The Labute approximate surface area is 94.9 Å². The maximum Gasteiger partial charge on any atom is 0.168 e. The van der Waals surface area contributed by atoms with Crippen molar-refractivity contribution in [2.75, 3.05) is 5.32 Å². The van der Waals surface area contributed by atoms with Gasteiger partial charge in [-0.1, -0.05) is 12.1 Å². The van der Waals surface area contributed by atoms with Crippen LogP contribution in [0.25, 0.3) is 0 Å². The first-order valence-corrected chi connectivity index (χ1v) is 4.95. The van der Waals surface area contributed by atoms with E-state index >= 15 is 0 Å². The summed E-state index contributed by atoms with van der Waals surface area (Å²) >= 11 is 4.74. The van der Waals surface area contributed by atoms with Gasteiger partial charge in [0.15, 0.2) is 5.11 Å². The van der Waals surface area contributed by atoms with Crippen LogP contribution in [-0.4, -0.2) is 5.11 Å². The second-order valence-electron chi connectivity index (χ2n) is 3.81. The van der Waals surface area contributed by atoms with Crippen LogP contribution in [0.5, 0.6) is 0 Å². The highest BCUT2D eigenvalue weighted by Gasteiger charge is 2.19. The molecule has 0 atom stereocenters. The molecule has 0 aliphatic heterocycles. The van der Waals surface area contributed by atoms with E-state index in [9.17, 15) is 0 Å². The highest BCUT2D eigenvalue weighted by Crippen LogP contribution is 2.24. The molecule has 0 aliphatic carbocycles. The fourth-order valence-corrected chi connectivity index (χ4v) is 1.31. The maximum absolute atomic E-state index is 9.00. The Morgan fingerprint density at radius 3 is 2.73 bits per heavy atom. The van der Waals surface area contributed by atoms with Gasteiger partial charge in [-0.2, -0.15) is 5.26 Å². The summed E-state index contributed by atoms with van der Waals surface area (Å²) in [4.78, 5) is 0. The molecule has 78 valence electrons. The average molecular weight is 219 g/mol. The van der Waals surface area contributed by atoms with Crippen LogP contribution in [0.1, 0.15) is 19.4 Å². The molecule has 3 nitrogen and oxygen atoms in total. The Morgan fingerprint density at radius 1 is 1.53 bits per heavy atom. The number of benzene rings is 1. The number of nitriles is 1. The van der Waals surface area contributed by atoms with E-state index in [-0.39, 0.29) is 5.11 Å². The Hall–Kier alpha value is -1.60. The first kappa shape index (κ1) is 11.5. The number of anilines is 1. The van der Waals surface area contributed by atoms with Crippen LogP contribution in [0.2, 0.25) is 0 Å². The van der Waals surface area contributed by atoms with Crippen LogP contribution in [0.3, 0.4) is 0 Å². The van der Waals surface area contributed by atoms with Crippen LogP contribution in [0.4, 0.5) is 5.69 Å². The van der Waals surface area contributed by atoms with Crippen molar-refractivity contribution in [3.05, 3.63) is 29.8 Å². The molecule has 0 saturated heterocycles. The molecule has 0 bridgehead atoms. The first-order valence-electron chi connectivity index (χ1n) is 4.54. The molecule has 0 fully saturated rings.